The first-order chi connectivity index (χ1) is 19.0. The fourth-order valence-corrected chi connectivity index (χ4v) is 6.83. The van der Waals surface area contributed by atoms with E-state index < -0.39 is 27.3 Å². The van der Waals surface area contributed by atoms with Gasteiger partial charge in [-0.15, -0.1) is 0 Å². The van der Waals surface area contributed by atoms with Gasteiger partial charge in [0, 0.05) is 23.4 Å². The summed E-state index contributed by atoms with van der Waals surface area (Å²) in [6.45, 7) is 3.39. The molecular weight excluding hydrogens is 550 g/mol. The highest BCUT2D eigenvalue weighted by atomic mass is 35.5. The third kappa shape index (κ3) is 4.72. The van der Waals surface area contributed by atoms with Gasteiger partial charge in [-0.2, -0.15) is 0 Å². The van der Waals surface area contributed by atoms with Gasteiger partial charge in [-0.05, 0) is 79.4 Å². The topological polar surface area (TPSA) is 109 Å². The van der Waals surface area contributed by atoms with Crippen LogP contribution in [0.1, 0.15) is 35.7 Å². The largest absolute Gasteiger partial charge is 0.449 e. The van der Waals surface area contributed by atoms with Crippen LogP contribution in [0, 0.1) is 6.92 Å². The van der Waals surface area contributed by atoms with E-state index in [0.717, 1.165) is 29.7 Å². The summed E-state index contributed by atoms with van der Waals surface area (Å²) >= 11 is 6.67. The highest BCUT2D eigenvalue weighted by molar-refractivity contribution is 7.90. The van der Waals surface area contributed by atoms with Crippen LogP contribution in [-0.2, 0) is 30.7 Å². The van der Waals surface area contributed by atoms with Crippen LogP contribution in [0.25, 0.3) is 22.2 Å². The summed E-state index contributed by atoms with van der Waals surface area (Å²) in [7, 11) is -3.40. The molecule has 1 aromatic heterocycles. The third-order valence-electron chi connectivity index (χ3n) is 7.83. The zero-order chi connectivity index (χ0) is 28.2. The average Bonchev–Trinajstić information content (AvgIpc) is 3.42. The van der Waals surface area contributed by atoms with Crippen molar-refractivity contribution in [1.82, 2.24) is 14.9 Å². The Morgan fingerprint density at radius 1 is 1.12 bits per heavy atom. The molecule has 4 aromatic rings. The van der Waals surface area contributed by atoms with Gasteiger partial charge in [-0.3, -0.25) is 14.5 Å². The highest BCUT2D eigenvalue weighted by Gasteiger charge is 2.57. The molecule has 2 aliphatic heterocycles. The number of likely N-dealkylation sites (tertiary alicyclic amines) is 1. The number of benzene rings is 3. The number of sulfone groups is 1. The van der Waals surface area contributed by atoms with Crippen molar-refractivity contribution in [3.8, 4) is 11.1 Å². The van der Waals surface area contributed by atoms with E-state index in [9.17, 15) is 18.0 Å². The maximum atomic E-state index is 13.9. The van der Waals surface area contributed by atoms with E-state index in [1.54, 1.807) is 30.3 Å². The maximum absolute atomic E-state index is 13.9. The van der Waals surface area contributed by atoms with Gasteiger partial charge in [-0.25, -0.2) is 13.4 Å². The van der Waals surface area contributed by atoms with E-state index in [-0.39, 0.29) is 10.7 Å². The first kappa shape index (κ1) is 26.7. The molecule has 3 heterocycles. The number of hydrogen-bond donors (Lipinski definition) is 1. The minimum absolute atomic E-state index is 0.184. The van der Waals surface area contributed by atoms with Gasteiger partial charge in [0.05, 0.1) is 22.5 Å². The van der Waals surface area contributed by atoms with E-state index in [1.807, 2.05) is 31.2 Å². The van der Waals surface area contributed by atoms with Crippen molar-refractivity contribution in [2.24, 2.45) is 0 Å². The summed E-state index contributed by atoms with van der Waals surface area (Å²) in [6.07, 6.45) is 2.33. The predicted molar refractivity (Wildman–Crippen MR) is 152 cm³/mol. The molecule has 0 aliphatic carbocycles. The average molecular weight is 578 g/mol. The number of esters is 1. The van der Waals surface area contributed by atoms with E-state index >= 15 is 0 Å². The molecule has 2 saturated heterocycles. The molecular formula is C30H28ClN3O5S. The molecule has 206 valence electrons. The lowest BCUT2D eigenvalue weighted by Crippen LogP contribution is -2.52. The van der Waals surface area contributed by atoms with E-state index in [0.29, 0.717) is 53.2 Å². The molecule has 6 rings (SSSR count). The van der Waals surface area contributed by atoms with Crippen molar-refractivity contribution in [3.63, 3.8) is 0 Å². The summed E-state index contributed by atoms with van der Waals surface area (Å²) in [4.78, 5) is 37.4. The number of fused-ring (bicyclic) bond motifs is 1. The number of piperidine rings is 1. The molecule has 8 nitrogen and oxygen atoms in total. The second-order valence-electron chi connectivity index (χ2n) is 10.7. The minimum Gasteiger partial charge on any atom is -0.449 e. The lowest BCUT2D eigenvalue weighted by molar-refractivity contribution is -0.157. The van der Waals surface area contributed by atoms with E-state index in [1.165, 1.54) is 6.07 Å². The molecule has 1 spiro atoms. The number of hydrogen-bond acceptors (Lipinski definition) is 7. The van der Waals surface area contributed by atoms with Crippen molar-refractivity contribution in [3.05, 3.63) is 82.6 Å². The summed E-state index contributed by atoms with van der Waals surface area (Å²) < 4.78 is 30.0. The molecule has 1 N–H and O–H groups in total. The number of ketones is 1. The van der Waals surface area contributed by atoms with Gasteiger partial charge in [0.2, 0.25) is 0 Å². The molecule has 10 heteroatoms. The number of imidazole rings is 1. The van der Waals surface area contributed by atoms with Crippen LogP contribution in [0.2, 0.25) is 5.02 Å². The van der Waals surface area contributed by atoms with E-state index in [4.69, 9.17) is 16.3 Å². The van der Waals surface area contributed by atoms with Crippen molar-refractivity contribution in [1.29, 1.82) is 0 Å². The number of aromatic amines is 1. The van der Waals surface area contributed by atoms with Crippen LogP contribution in [0.4, 0.5) is 0 Å². The van der Waals surface area contributed by atoms with Crippen molar-refractivity contribution >= 4 is 44.2 Å². The predicted octanol–water partition coefficient (Wildman–Crippen LogP) is 4.84. The van der Waals surface area contributed by atoms with Crippen LogP contribution < -0.4 is 0 Å². The number of para-hydroxylation sites is 2. The van der Waals surface area contributed by atoms with Crippen LogP contribution in [0.5, 0.6) is 0 Å². The smallest absolute Gasteiger partial charge is 0.322 e. The Hall–Kier alpha value is -3.53. The van der Waals surface area contributed by atoms with Crippen molar-refractivity contribution in [2.45, 2.75) is 42.7 Å². The molecule has 2 atom stereocenters. The highest BCUT2D eigenvalue weighted by Crippen LogP contribution is 2.43. The van der Waals surface area contributed by atoms with Gasteiger partial charge in [0.1, 0.15) is 11.7 Å². The number of ether oxygens (including phenoxy) is 1. The van der Waals surface area contributed by atoms with Gasteiger partial charge in [0.15, 0.2) is 21.2 Å². The number of rotatable bonds is 5. The number of H-pyrrole nitrogens is 1. The molecule has 40 heavy (non-hydrogen) atoms. The number of nitrogens with one attached hydrogen (secondary N) is 1. The first-order valence-corrected chi connectivity index (χ1v) is 15.3. The number of aryl methyl sites for hydroxylation is 1. The molecule has 3 aromatic carbocycles. The van der Waals surface area contributed by atoms with Crippen molar-refractivity contribution < 1.29 is 22.7 Å². The SMILES string of the molecule is Cc1cc(-c2cccc(S(C)(=O)=O)c2)c(Cl)cc1C1C(=O)OC2(CCCN(Cc3nc4ccccc4[nH]3)C2)C1=O. The van der Waals surface area contributed by atoms with Gasteiger partial charge in [-0.1, -0.05) is 35.9 Å². The molecule has 2 aliphatic rings. The number of carbonyl (C=O) groups is 2. The number of halogens is 1. The number of aromatic nitrogens is 2. The molecule has 2 fully saturated rings. The maximum Gasteiger partial charge on any atom is 0.322 e. The normalized spacial score (nSPS) is 21.8. The van der Waals surface area contributed by atoms with Gasteiger partial charge in [0.25, 0.3) is 0 Å². The first-order valence-electron chi connectivity index (χ1n) is 13.1. The Labute approximate surface area is 237 Å². The lowest BCUT2D eigenvalue weighted by Gasteiger charge is -2.37. The summed E-state index contributed by atoms with van der Waals surface area (Å²) in [5, 5.41) is 0.322. The molecule has 0 radical (unpaired) electrons. The van der Waals surface area contributed by atoms with Gasteiger partial charge < -0.3 is 9.72 Å². The third-order valence-corrected chi connectivity index (χ3v) is 9.25. The zero-order valence-corrected chi connectivity index (χ0v) is 23.7. The van der Waals surface area contributed by atoms with Gasteiger partial charge >= 0.3 is 5.97 Å². The summed E-state index contributed by atoms with van der Waals surface area (Å²) in [5.41, 5.74) is 3.08. The standard InChI is InChI=1S/C30H28ClN3O5S/c1-18-13-22(19-7-5-8-20(14-19)40(2,37)38)23(31)15-21(18)27-28(35)30(39-29(27)36)11-6-12-34(17-30)16-26-32-24-9-3-4-10-25(24)33-26/h3-5,7-10,13-15,27H,6,11-12,16-17H2,1-2H3,(H,32,33). The molecule has 2 unspecified atom stereocenters. The second-order valence-corrected chi connectivity index (χ2v) is 13.1. The zero-order valence-electron chi connectivity index (χ0n) is 22.1. The van der Waals surface area contributed by atoms with Crippen LogP contribution in [0.3, 0.4) is 0 Å². The van der Waals surface area contributed by atoms with Crippen LogP contribution in [0.15, 0.2) is 65.6 Å². The Morgan fingerprint density at radius 2 is 1.93 bits per heavy atom. The Morgan fingerprint density at radius 3 is 2.70 bits per heavy atom. The van der Waals surface area contributed by atoms with Crippen LogP contribution >= 0.6 is 11.6 Å². The Kier molecular flexibility index (Phi) is 6.56. The minimum atomic E-state index is -3.40. The summed E-state index contributed by atoms with van der Waals surface area (Å²) in [5.74, 6) is -1.09. The second kappa shape index (κ2) is 9.83. The number of nitrogens with zero attached hydrogens (tertiary/aromatic N) is 2. The number of Topliss-reactive ketones (excluding diaryl/α,β-unsaturated/α-hetero) is 1. The number of carbonyl (C=O) groups excluding carboxylic acids is 2. The molecule has 0 saturated carbocycles. The quantitative estimate of drug-likeness (QED) is 0.267. The molecule has 0 bridgehead atoms. The fourth-order valence-electron chi connectivity index (χ4n) is 5.88. The van der Waals surface area contributed by atoms with Crippen LogP contribution in [-0.4, -0.2) is 60.0 Å². The Bertz CT molecular complexity index is 1750. The molecule has 0 amide bonds. The monoisotopic (exact) mass is 577 g/mol. The summed E-state index contributed by atoms with van der Waals surface area (Å²) in [6, 6.07) is 17.8. The van der Waals surface area contributed by atoms with Crippen molar-refractivity contribution in [2.75, 3.05) is 19.3 Å². The lowest BCUT2D eigenvalue weighted by atomic mass is 9.81. The Balaban J connectivity index is 1.27. The fraction of sp³-hybridized carbons (Fsp3) is 0.300. The van der Waals surface area contributed by atoms with E-state index in [2.05, 4.69) is 14.9 Å².